The first-order valence-corrected chi connectivity index (χ1v) is 31.0. The maximum Gasteiger partial charge on any atom is 0.306 e. The second kappa shape index (κ2) is 62.4. The standard InChI is InChI=1S/C69H114O6/c1-4-7-10-13-16-19-22-25-27-29-30-31-32-33-34-35-36-37-38-40-41-44-47-50-53-56-59-62-68(71)74-65-66(64-73-67(70)61-58-55-52-49-46-43-24-21-18-15-12-9-6-3)75-69(72)63-60-57-54-51-48-45-42-39-28-26-23-20-17-14-11-8-5-2/h7-8,10-12,15-17,19-21,24-28,30-31,33-34,66H,4-6,9,13-14,18,22-23,29,32,35-65H2,1-3H3/b10-7-,11-8-,15-12-,19-16-,20-17-,24-21-,27-25-,28-26-,31-30-,34-33-. The molecular formula is C69H114O6. The van der Waals surface area contributed by atoms with Crippen molar-refractivity contribution in [3.05, 3.63) is 122 Å². The van der Waals surface area contributed by atoms with E-state index >= 15 is 0 Å². The number of carbonyl (C=O) groups is 3. The number of carbonyl (C=O) groups excluding carboxylic acids is 3. The van der Waals surface area contributed by atoms with Crippen LogP contribution < -0.4 is 0 Å². The summed E-state index contributed by atoms with van der Waals surface area (Å²) in [6.07, 6.45) is 86.3. The van der Waals surface area contributed by atoms with Crippen molar-refractivity contribution in [1.82, 2.24) is 0 Å². The normalized spacial score (nSPS) is 12.9. The Morgan fingerprint density at radius 3 is 0.813 bits per heavy atom. The van der Waals surface area contributed by atoms with Gasteiger partial charge in [0.25, 0.3) is 0 Å². The van der Waals surface area contributed by atoms with Crippen LogP contribution >= 0.6 is 0 Å². The van der Waals surface area contributed by atoms with Crippen LogP contribution in [0.25, 0.3) is 0 Å². The van der Waals surface area contributed by atoms with E-state index in [-0.39, 0.29) is 31.1 Å². The van der Waals surface area contributed by atoms with Gasteiger partial charge >= 0.3 is 17.9 Å². The Labute approximate surface area is 462 Å². The lowest BCUT2D eigenvalue weighted by Crippen LogP contribution is -2.30. The average molecular weight is 1040 g/mol. The van der Waals surface area contributed by atoms with E-state index in [9.17, 15) is 14.4 Å². The molecule has 0 aromatic heterocycles. The van der Waals surface area contributed by atoms with Crippen molar-refractivity contribution in [2.75, 3.05) is 13.2 Å². The van der Waals surface area contributed by atoms with Crippen LogP contribution in [-0.4, -0.2) is 37.2 Å². The molecule has 0 radical (unpaired) electrons. The van der Waals surface area contributed by atoms with Gasteiger partial charge in [-0.05, 0) is 122 Å². The van der Waals surface area contributed by atoms with E-state index < -0.39 is 6.10 Å². The lowest BCUT2D eigenvalue weighted by molar-refractivity contribution is -0.167. The molecule has 0 saturated carbocycles. The molecule has 0 aromatic rings. The third kappa shape index (κ3) is 60.6. The Bertz CT molecular complexity index is 1570. The van der Waals surface area contributed by atoms with Gasteiger partial charge in [-0.3, -0.25) is 14.4 Å². The molecule has 0 aliphatic heterocycles. The summed E-state index contributed by atoms with van der Waals surface area (Å²) in [6, 6.07) is 0. The predicted octanol–water partition coefficient (Wildman–Crippen LogP) is 21.2. The minimum atomic E-state index is -0.794. The summed E-state index contributed by atoms with van der Waals surface area (Å²) in [7, 11) is 0. The largest absolute Gasteiger partial charge is 0.462 e. The maximum atomic E-state index is 12.9. The lowest BCUT2D eigenvalue weighted by atomic mass is 10.0. The SMILES string of the molecule is CC/C=C\C/C=C\C/C=C\C/C=C\C/C=C\CCCCCCCCCCCCCC(=O)OCC(COC(=O)CCCCCCC/C=C\C/C=C\CCC)OC(=O)CCCCCCCCC/C=C\C/C=C\C/C=C\CC. The quantitative estimate of drug-likeness (QED) is 0.0261. The fourth-order valence-electron chi connectivity index (χ4n) is 8.35. The van der Waals surface area contributed by atoms with E-state index in [2.05, 4.69) is 142 Å². The zero-order chi connectivity index (χ0) is 54.3. The summed E-state index contributed by atoms with van der Waals surface area (Å²) < 4.78 is 16.9. The maximum absolute atomic E-state index is 12.9. The molecule has 0 fully saturated rings. The van der Waals surface area contributed by atoms with E-state index in [0.717, 1.165) is 148 Å². The molecule has 0 aliphatic carbocycles. The number of esters is 3. The number of allylic oxidation sites excluding steroid dienone is 20. The van der Waals surface area contributed by atoms with Crippen LogP contribution in [0.4, 0.5) is 0 Å². The highest BCUT2D eigenvalue weighted by atomic mass is 16.6. The van der Waals surface area contributed by atoms with Crippen LogP contribution in [0.1, 0.15) is 278 Å². The molecule has 0 amide bonds. The van der Waals surface area contributed by atoms with E-state index in [1.54, 1.807) is 0 Å². The molecule has 1 unspecified atom stereocenters. The topological polar surface area (TPSA) is 78.9 Å². The Morgan fingerprint density at radius 1 is 0.280 bits per heavy atom. The van der Waals surface area contributed by atoms with Gasteiger partial charge in [0.15, 0.2) is 6.10 Å². The summed E-state index contributed by atoms with van der Waals surface area (Å²) in [6.45, 7) is 6.34. The van der Waals surface area contributed by atoms with E-state index in [1.165, 1.54) is 89.9 Å². The summed E-state index contributed by atoms with van der Waals surface area (Å²) in [4.78, 5) is 38.3. The average Bonchev–Trinajstić information content (AvgIpc) is 3.41. The minimum absolute atomic E-state index is 0.0900. The number of hydrogen-bond donors (Lipinski definition) is 0. The summed E-state index contributed by atoms with van der Waals surface area (Å²) in [5, 5.41) is 0. The van der Waals surface area contributed by atoms with Gasteiger partial charge in [-0.25, -0.2) is 0 Å². The Hall–Kier alpha value is -4.19. The summed E-state index contributed by atoms with van der Waals surface area (Å²) in [5.74, 6) is -0.915. The van der Waals surface area contributed by atoms with Crippen molar-refractivity contribution < 1.29 is 28.6 Å². The Balaban J connectivity index is 4.32. The fourth-order valence-corrected chi connectivity index (χ4v) is 8.35. The van der Waals surface area contributed by atoms with Crippen LogP contribution in [0.3, 0.4) is 0 Å². The Kier molecular flexibility index (Phi) is 58.9. The fraction of sp³-hybridized carbons (Fsp3) is 0.667. The molecule has 0 aliphatic rings. The van der Waals surface area contributed by atoms with Gasteiger partial charge in [0.05, 0.1) is 0 Å². The van der Waals surface area contributed by atoms with Gasteiger partial charge in [0.1, 0.15) is 13.2 Å². The van der Waals surface area contributed by atoms with Gasteiger partial charge < -0.3 is 14.2 Å². The highest BCUT2D eigenvalue weighted by Crippen LogP contribution is 2.15. The van der Waals surface area contributed by atoms with Crippen LogP contribution in [0.2, 0.25) is 0 Å². The monoisotopic (exact) mass is 1040 g/mol. The zero-order valence-electron chi connectivity index (χ0n) is 48.8. The van der Waals surface area contributed by atoms with Crippen LogP contribution in [-0.2, 0) is 28.6 Å². The summed E-state index contributed by atoms with van der Waals surface area (Å²) in [5.41, 5.74) is 0. The van der Waals surface area contributed by atoms with Crippen molar-refractivity contribution in [3.8, 4) is 0 Å². The molecule has 1 atom stereocenters. The predicted molar refractivity (Wildman–Crippen MR) is 325 cm³/mol. The van der Waals surface area contributed by atoms with Crippen molar-refractivity contribution in [2.45, 2.75) is 284 Å². The number of rotatable bonds is 55. The molecule has 6 heteroatoms. The van der Waals surface area contributed by atoms with Gasteiger partial charge in [0.2, 0.25) is 0 Å². The van der Waals surface area contributed by atoms with Crippen LogP contribution in [0.15, 0.2) is 122 Å². The zero-order valence-corrected chi connectivity index (χ0v) is 48.8. The van der Waals surface area contributed by atoms with E-state index in [4.69, 9.17) is 14.2 Å². The molecule has 0 spiro atoms. The van der Waals surface area contributed by atoms with Gasteiger partial charge in [-0.1, -0.05) is 258 Å². The molecule has 0 aromatic carbocycles. The first kappa shape index (κ1) is 70.8. The molecule has 75 heavy (non-hydrogen) atoms. The second-order valence-corrected chi connectivity index (χ2v) is 20.2. The third-order valence-corrected chi connectivity index (χ3v) is 12.9. The molecule has 426 valence electrons. The first-order valence-electron chi connectivity index (χ1n) is 31.0. The van der Waals surface area contributed by atoms with Crippen molar-refractivity contribution >= 4 is 17.9 Å². The molecule has 0 saturated heterocycles. The lowest BCUT2D eigenvalue weighted by Gasteiger charge is -2.18. The van der Waals surface area contributed by atoms with E-state index in [1.807, 2.05) is 0 Å². The molecule has 0 heterocycles. The highest BCUT2D eigenvalue weighted by Gasteiger charge is 2.19. The number of hydrogen-bond acceptors (Lipinski definition) is 6. The number of ether oxygens (including phenoxy) is 3. The molecular weight excluding hydrogens is 925 g/mol. The molecule has 0 rings (SSSR count). The van der Waals surface area contributed by atoms with Crippen LogP contribution in [0.5, 0.6) is 0 Å². The second-order valence-electron chi connectivity index (χ2n) is 20.2. The summed E-state index contributed by atoms with van der Waals surface area (Å²) >= 11 is 0. The van der Waals surface area contributed by atoms with Crippen molar-refractivity contribution in [2.24, 2.45) is 0 Å². The van der Waals surface area contributed by atoms with Crippen LogP contribution in [0, 0.1) is 0 Å². The highest BCUT2D eigenvalue weighted by molar-refractivity contribution is 5.71. The minimum Gasteiger partial charge on any atom is -0.462 e. The van der Waals surface area contributed by atoms with Crippen molar-refractivity contribution in [1.29, 1.82) is 0 Å². The van der Waals surface area contributed by atoms with Gasteiger partial charge in [-0.15, -0.1) is 0 Å². The smallest absolute Gasteiger partial charge is 0.306 e. The van der Waals surface area contributed by atoms with E-state index in [0.29, 0.717) is 19.3 Å². The molecule has 0 bridgehead atoms. The molecule has 6 nitrogen and oxygen atoms in total. The third-order valence-electron chi connectivity index (χ3n) is 12.9. The van der Waals surface area contributed by atoms with Gasteiger partial charge in [-0.2, -0.15) is 0 Å². The Morgan fingerprint density at radius 2 is 0.520 bits per heavy atom. The van der Waals surface area contributed by atoms with Gasteiger partial charge in [0, 0.05) is 19.3 Å². The first-order chi connectivity index (χ1) is 37.0. The van der Waals surface area contributed by atoms with Crippen molar-refractivity contribution in [3.63, 3.8) is 0 Å². The number of unbranched alkanes of at least 4 members (excludes halogenated alkanes) is 24. The molecule has 0 N–H and O–H groups in total.